The predicted octanol–water partition coefficient (Wildman–Crippen LogP) is 1.65. The maximum atomic E-state index is 13.3. The number of hydrogen-bond donors (Lipinski definition) is 2. The highest BCUT2D eigenvalue weighted by atomic mass is 35.6. The van der Waals surface area contributed by atoms with Gasteiger partial charge in [-0.25, -0.2) is 9.59 Å². The number of benzene rings is 1. The molecule has 11 nitrogen and oxygen atoms in total. The van der Waals surface area contributed by atoms with Gasteiger partial charge in [0.1, 0.15) is 30.0 Å². The number of rotatable bonds is 9. The Morgan fingerprint density at radius 2 is 1.86 bits per heavy atom. The van der Waals surface area contributed by atoms with Crippen molar-refractivity contribution in [3.05, 3.63) is 41.6 Å². The Morgan fingerprint density at radius 3 is 2.44 bits per heavy atom. The zero-order chi connectivity index (χ0) is 26.7. The van der Waals surface area contributed by atoms with Crippen LogP contribution in [0.15, 0.2) is 41.6 Å². The van der Waals surface area contributed by atoms with Gasteiger partial charge >= 0.3 is 17.9 Å². The molecule has 2 amide bonds. The Kier molecular flexibility index (Phi) is 8.65. The number of carboxylic acids is 1. The second-order valence-electron chi connectivity index (χ2n) is 7.53. The highest BCUT2D eigenvalue weighted by Crippen LogP contribution is 2.47. The third-order valence-electron chi connectivity index (χ3n) is 4.94. The zero-order valence-electron chi connectivity index (χ0n) is 18.5. The monoisotopic (exact) mass is 580 g/mol. The van der Waals surface area contributed by atoms with Gasteiger partial charge in [0.05, 0.1) is 0 Å². The van der Waals surface area contributed by atoms with Crippen LogP contribution in [0.1, 0.15) is 6.92 Å². The van der Waals surface area contributed by atoms with Crippen LogP contribution in [-0.2, 0) is 33.4 Å². The molecule has 0 spiro atoms. The van der Waals surface area contributed by atoms with Gasteiger partial charge in [-0.1, -0.05) is 53.0 Å². The standard InChI is InChI=1S/C21H19Cl3N2O9S/c1-11(27)33-7-12-9-36-18-21(19(32)35-10-20(22,23)24,17(31)26(18)15(12)16(29)30)25-14(28)8-34-13-5-3-2-4-6-13/h2-6,18H,7-10H2,1H3,(H,25,28)(H,29,30)/t18-,21+/m1/s1. The van der Waals surface area contributed by atoms with E-state index in [4.69, 9.17) is 49.0 Å². The smallest absolute Gasteiger partial charge is 0.352 e. The number of carbonyl (C=O) groups is 5. The normalized spacial score (nSPS) is 21.2. The summed E-state index contributed by atoms with van der Waals surface area (Å²) in [6, 6.07) is 8.30. The molecule has 2 N–H and O–H groups in total. The number of halogens is 3. The summed E-state index contributed by atoms with van der Waals surface area (Å²) in [4.78, 5) is 63.2. The van der Waals surface area contributed by atoms with Gasteiger partial charge in [-0.05, 0) is 12.1 Å². The second-order valence-corrected chi connectivity index (χ2v) is 11.1. The van der Waals surface area contributed by atoms with Gasteiger partial charge in [0.2, 0.25) is 9.33 Å². The number of alkyl halides is 3. The van der Waals surface area contributed by atoms with Crippen molar-refractivity contribution in [1.82, 2.24) is 10.2 Å². The van der Waals surface area contributed by atoms with Gasteiger partial charge in [-0.2, -0.15) is 0 Å². The SMILES string of the molecule is CC(=O)OCC1=C(C(=O)O)N2C(=O)[C@@](NC(=O)COc3ccccc3)(C(=O)OCC(Cl)(Cl)Cl)[C@H]2SC1. The van der Waals surface area contributed by atoms with Crippen LogP contribution in [0.25, 0.3) is 0 Å². The Balaban J connectivity index is 1.88. The Labute approximate surface area is 223 Å². The topological polar surface area (TPSA) is 149 Å². The Bertz CT molecular complexity index is 1110. The highest BCUT2D eigenvalue weighted by molar-refractivity contribution is 8.00. The molecular formula is C21H19Cl3N2O9S. The summed E-state index contributed by atoms with van der Waals surface area (Å²) in [5.74, 6) is -4.99. The van der Waals surface area contributed by atoms with Crippen LogP contribution in [0.4, 0.5) is 0 Å². The second kappa shape index (κ2) is 11.2. The summed E-state index contributed by atoms with van der Waals surface area (Å²) >= 11 is 17.9. The van der Waals surface area contributed by atoms with E-state index in [0.717, 1.165) is 23.6 Å². The van der Waals surface area contributed by atoms with Crippen molar-refractivity contribution in [2.75, 3.05) is 25.6 Å². The lowest BCUT2D eigenvalue weighted by atomic mass is 9.85. The third kappa shape index (κ3) is 6.00. The molecule has 0 radical (unpaired) electrons. The number of para-hydroxylation sites is 1. The van der Waals surface area contributed by atoms with E-state index in [1.807, 2.05) is 0 Å². The molecule has 1 aromatic carbocycles. The molecule has 1 fully saturated rings. The van der Waals surface area contributed by atoms with Crippen LogP contribution in [0.3, 0.4) is 0 Å². The first kappa shape index (κ1) is 27.9. The molecule has 2 aliphatic heterocycles. The summed E-state index contributed by atoms with van der Waals surface area (Å²) in [6.45, 7) is -0.526. The average molecular weight is 582 g/mol. The van der Waals surface area contributed by atoms with Crippen molar-refractivity contribution in [2.45, 2.75) is 21.6 Å². The Morgan fingerprint density at radius 1 is 1.19 bits per heavy atom. The van der Waals surface area contributed by atoms with Gasteiger partial charge in [0.25, 0.3) is 11.8 Å². The molecule has 2 heterocycles. The minimum Gasteiger partial charge on any atom is -0.484 e. The maximum absolute atomic E-state index is 13.3. The average Bonchev–Trinajstić information content (AvgIpc) is 2.82. The minimum absolute atomic E-state index is 0.0285. The van der Waals surface area contributed by atoms with Crippen molar-refractivity contribution in [3.8, 4) is 5.75 Å². The maximum Gasteiger partial charge on any atom is 0.352 e. The quantitative estimate of drug-likeness (QED) is 0.191. The Hall–Kier alpha value is -2.67. The van der Waals surface area contributed by atoms with Gasteiger partial charge in [0.15, 0.2) is 6.61 Å². The van der Waals surface area contributed by atoms with Crippen molar-refractivity contribution in [2.24, 2.45) is 0 Å². The van der Waals surface area contributed by atoms with Gasteiger partial charge in [0, 0.05) is 18.2 Å². The highest BCUT2D eigenvalue weighted by Gasteiger charge is 2.71. The van der Waals surface area contributed by atoms with Gasteiger partial charge in [-0.15, -0.1) is 11.8 Å². The number of β-lactam (4-membered cyclic amide) rings is 1. The largest absolute Gasteiger partial charge is 0.484 e. The lowest BCUT2D eigenvalue weighted by Crippen LogP contribution is -2.83. The lowest BCUT2D eigenvalue weighted by molar-refractivity contribution is -0.176. The first-order chi connectivity index (χ1) is 16.9. The number of carboxylic acid groups (broad SMARTS) is 1. The van der Waals surface area contributed by atoms with Crippen molar-refractivity contribution >= 4 is 76.3 Å². The molecule has 0 saturated carbocycles. The summed E-state index contributed by atoms with van der Waals surface area (Å²) in [6.07, 6.45) is 0. The molecule has 15 heteroatoms. The molecule has 0 aliphatic carbocycles. The molecule has 1 saturated heterocycles. The van der Waals surface area contributed by atoms with E-state index >= 15 is 0 Å². The van der Waals surface area contributed by atoms with E-state index in [-0.39, 0.29) is 17.9 Å². The molecule has 0 aromatic heterocycles. The predicted molar refractivity (Wildman–Crippen MR) is 128 cm³/mol. The van der Waals surface area contributed by atoms with E-state index < -0.39 is 63.3 Å². The first-order valence-electron chi connectivity index (χ1n) is 10.1. The van der Waals surface area contributed by atoms with E-state index in [2.05, 4.69) is 5.32 Å². The number of nitrogens with one attached hydrogen (secondary N) is 1. The van der Waals surface area contributed by atoms with Crippen LogP contribution in [0.2, 0.25) is 0 Å². The van der Waals surface area contributed by atoms with Crippen LogP contribution in [-0.4, -0.2) is 80.0 Å². The molecule has 3 rings (SSSR count). The van der Waals surface area contributed by atoms with E-state index in [0.29, 0.717) is 5.75 Å². The number of ether oxygens (including phenoxy) is 3. The summed E-state index contributed by atoms with van der Waals surface area (Å²) in [5, 5.41) is 10.9. The minimum atomic E-state index is -2.31. The number of aliphatic carboxylic acids is 1. The molecular weight excluding hydrogens is 563 g/mol. The van der Waals surface area contributed by atoms with Crippen LogP contribution in [0.5, 0.6) is 5.75 Å². The van der Waals surface area contributed by atoms with Gasteiger partial charge < -0.3 is 24.6 Å². The number of thioether (sulfide) groups is 1. The molecule has 2 aliphatic rings. The third-order valence-corrected chi connectivity index (χ3v) is 6.67. The fraction of sp³-hybridized carbons (Fsp3) is 0.381. The van der Waals surface area contributed by atoms with Crippen molar-refractivity contribution in [1.29, 1.82) is 0 Å². The summed E-state index contributed by atoms with van der Waals surface area (Å²) < 4.78 is 13.3. The molecule has 194 valence electrons. The van der Waals surface area contributed by atoms with E-state index in [1.165, 1.54) is 0 Å². The number of esters is 2. The molecule has 2 atom stereocenters. The number of carbonyl (C=O) groups excluding carboxylic acids is 4. The van der Waals surface area contributed by atoms with E-state index in [1.54, 1.807) is 30.3 Å². The summed E-state index contributed by atoms with van der Waals surface area (Å²) in [5.41, 5.74) is -2.65. The number of fused-ring (bicyclic) bond motifs is 1. The van der Waals surface area contributed by atoms with Crippen LogP contribution in [0, 0.1) is 0 Å². The molecule has 0 unspecified atom stereocenters. The van der Waals surface area contributed by atoms with Crippen molar-refractivity contribution in [3.63, 3.8) is 0 Å². The van der Waals surface area contributed by atoms with E-state index in [9.17, 15) is 29.1 Å². The van der Waals surface area contributed by atoms with Crippen molar-refractivity contribution < 1.29 is 43.3 Å². The van der Waals surface area contributed by atoms with Gasteiger partial charge in [-0.3, -0.25) is 19.3 Å². The fourth-order valence-corrected chi connectivity index (χ4v) is 5.06. The summed E-state index contributed by atoms with van der Waals surface area (Å²) in [7, 11) is 0. The fourth-order valence-electron chi connectivity index (χ4n) is 3.46. The number of amides is 2. The number of hydrogen-bond acceptors (Lipinski definition) is 9. The first-order valence-corrected chi connectivity index (χ1v) is 12.3. The van der Waals surface area contributed by atoms with Crippen LogP contribution >= 0.6 is 46.6 Å². The van der Waals surface area contributed by atoms with Crippen LogP contribution < -0.4 is 10.1 Å². The lowest BCUT2D eigenvalue weighted by Gasteiger charge is -2.55. The molecule has 1 aromatic rings. The zero-order valence-corrected chi connectivity index (χ0v) is 21.6. The molecule has 36 heavy (non-hydrogen) atoms. The molecule has 0 bridgehead atoms. The number of nitrogens with zero attached hydrogens (tertiary/aromatic N) is 1.